The van der Waals surface area contributed by atoms with Crippen LogP contribution in [0.3, 0.4) is 0 Å². The summed E-state index contributed by atoms with van der Waals surface area (Å²) >= 11 is 0. The second kappa shape index (κ2) is 9.60. The first kappa shape index (κ1) is 22.1. The van der Waals surface area contributed by atoms with Gasteiger partial charge in [0.1, 0.15) is 18.1 Å². The van der Waals surface area contributed by atoms with Crippen LogP contribution < -0.4 is 10.1 Å². The molecule has 0 saturated heterocycles. The molecule has 0 atom stereocenters. The second-order valence-electron chi connectivity index (χ2n) is 7.58. The number of anilines is 1. The van der Waals surface area contributed by atoms with Gasteiger partial charge in [0.2, 0.25) is 0 Å². The Morgan fingerprint density at radius 1 is 0.879 bits per heavy atom. The molecule has 0 saturated carbocycles. The molecule has 0 radical (unpaired) electrons. The SMILES string of the molecule is COC(=O)c1cc(NC(=O)c2ccc(COc3ccc4c(c3)CCC4)o2)cc(C(=O)OC)c1. The number of hydrogen-bond donors (Lipinski definition) is 1. The largest absolute Gasteiger partial charge is 0.486 e. The lowest BCUT2D eigenvalue weighted by molar-refractivity contribution is 0.0599. The van der Waals surface area contributed by atoms with E-state index in [0.29, 0.717) is 5.76 Å². The average Bonchev–Trinajstić information content (AvgIpc) is 3.50. The van der Waals surface area contributed by atoms with Gasteiger partial charge in [0.05, 0.1) is 25.3 Å². The van der Waals surface area contributed by atoms with E-state index in [1.807, 2.05) is 12.1 Å². The molecular formula is C25H23NO7. The predicted molar refractivity (Wildman–Crippen MR) is 119 cm³/mol. The fourth-order valence-electron chi connectivity index (χ4n) is 3.73. The molecule has 8 nitrogen and oxygen atoms in total. The minimum atomic E-state index is -0.653. The van der Waals surface area contributed by atoms with Crippen LogP contribution >= 0.6 is 0 Å². The van der Waals surface area contributed by atoms with Gasteiger partial charge < -0.3 is 23.9 Å². The van der Waals surface area contributed by atoms with E-state index in [9.17, 15) is 14.4 Å². The molecular weight excluding hydrogens is 426 g/mol. The van der Waals surface area contributed by atoms with Gasteiger partial charge in [0.25, 0.3) is 5.91 Å². The number of benzene rings is 2. The van der Waals surface area contributed by atoms with E-state index in [1.54, 1.807) is 6.07 Å². The number of rotatable bonds is 7. The molecule has 0 unspecified atom stereocenters. The van der Waals surface area contributed by atoms with Crippen LogP contribution in [0.5, 0.6) is 5.75 Å². The third-order valence-corrected chi connectivity index (χ3v) is 5.37. The predicted octanol–water partition coefficient (Wildman–Crippen LogP) is 4.17. The molecule has 4 rings (SSSR count). The van der Waals surface area contributed by atoms with Gasteiger partial charge in [0, 0.05) is 5.69 Å². The van der Waals surface area contributed by atoms with Crippen molar-refractivity contribution in [3.05, 3.63) is 82.3 Å². The first-order valence-corrected chi connectivity index (χ1v) is 10.4. The van der Waals surface area contributed by atoms with Gasteiger partial charge in [-0.1, -0.05) is 6.07 Å². The normalized spacial score (nSPS) is 12.1. The zero-order chi connectivity index (χ0) is 23.4. The zero-order valence-corrected chi connectivity index (χ0v) is 18.3. The summed E-state index contributed by atoms with van der Waals surface area (Å²) in [6.07, 6.45) is 3.33. The molecule has 1 N–H and O–H groups in total. The van der Waals surface area contributed by atoms with Crippen LogP contribution in [-0.2, 0) is 28.9 Å². The monoisotopic (exact) mass is 449 g/mol. The van der Waals surface area contributed by atoms with Crippen LogP contribution in [0.1, 0.15) is 54.6 Å². The third-order valence-electron chi connectivity index (χ3n) is 5.37. The van der Waals surface area contributed by atoms with Crippen LogP contribution in [0, 0.1) is 0 Å². The molecule has 8 heteroatoms. The van der Waals surface area contributed by atoms with E-state index in [2.05, 4.69) is 11.4 Å². The minimum absolute atomic E-state index is 0.0608. The van der Waals surface area contributed by atoms with Crippen LogP contribution in [0.25, 0.3) is 0 Å². The van der Waals surface area contributed by atoms with E-state index in [0.717, 1.165) is 18.6 Å². The summed E-state index contributed by atoms with van der Waals surface area (Å²) in [6, 6.07) is 13.4. The average molecular weight is 449 g/mol. The third kappa shape index (κ3) is 5.06. The molecule has 1 aromatic heterocycles. The maximum Gasteiger partial charge on any atom is 0.337 e. The number of amides is 1. The minimum Gasteiger partial charge on any atom is -0.486 e. The van der Waals surface area contributed by atoms with Crippen molar-refractivity contribution in [2.24, 2.45) is 0 Å². The molecule has 1 aliphatic rings. The lowest BCUT2D eigenvalue weighted by atomic mass is 10.1. The molecule has 1 heterocycles. The topological polar surface area (TPSA) is 104 Å². The van der Waals surface area contributed by atoms with Crippen LogP contribution in [0.15, 0.2) is 52.9 Å². The maximum absolute atomic E-state index is 12.7. The van der Waals surface area contributed by atoms with Crippen molar-refractivity contribution in [3.8, 4) is 5.75 Å². The molecule has 2 aromatic carbocycles. The highest BCUT2D eigenvalue weighted by atomic mass is 16.5. The number of carbonyl (C=O) groups is 3. The van der Waals surface area contributed by atoms with Crippen molar-refractivity contribution in [1.82, 2.24) is 0 Å². The quantitative estimate of drug-likeness (QED) is 0.540. The molecule has 33 heavy (non-hydrogen) atoms. The van der Waals surface area contributed by atoms with Gasteiger partial charge in [-0.05, 0) is 72.9 Å². The highest BCUT2D eigenvalue weighted by molar-refractivity contribution is 6.04. The van der Waals surface area contributed by atoms with Gasteiger partial charge in [-0.15, -0.1) is 0 Å². The van der Waals surface area contributed by atoms with E-state index in [1.165, 1.54) is 56.0 Å². The van der Waals surface area contributed by atoms with Gasteiger partial charge in [-0.2, -0.15) is 0 Å². The highest BCUT2D eigenvalue weighted by Gasteiger charge is 2.17. The van der Waals surface area contributed by atoms with Crippen LogP contribution in [0.2, 0.25) is 0 Å². The van der Waals surface area contributed by atoms with Crippen molar-refractivity contribution in [2.45, 2.75) is 25.9 Å². The van der Waals surface area contributed by atoms with Gasteiger partial charge in [0.15, 0.2) is 5.76 Å². The zero-order valence-electron chi connectivity index (χ0n) is 18.3. The molecule has 170 valence electrons. The molecule has 1 amide bonds. The number of furan rings is 1. The Morgan fingerprint density at radius 3 is 2.27 bits per heavy atom. The van der Waals surface area contributed by atoms with Crippen molar-refractivity contribution in [1.29, 1.82) is 0 Å². The van der Waals surface area contributed by atoms with Crippen molar-refractivity contribution in [3.63, 3.8) is 0 Å². The lowest BCUT2D eigenvalue weighted by Crippen LogP contribution is -2.13. The number of hydrogen-bond acceptors (Lipinski definition) is 7. The van der Waals surface area contributed by atoms with Crippen LogP contribution in [0.4, 0.5) is 5.69 Å². The number of aryl methyl sites for hydroxylation is 2. The summed E-state index contributed by atoms with van der Waals surface area (Å²) in [5.41, 5.74) is 3.09. The van der Waals surface area contributed by atoms with Gasteiger partial charge in [-0.3, -0.25) is 4.79 Å². The van der Waals surface area contributed by atoms with Crippen molar-refractivity contribution >= 4 is 23.5 Å². The highest BCUT2D eigenvalue weighted by Crippen LogP contribution is 2.26. The number of fused-ring (bicyclic) bond motifs is 1. The Bertz CT molecular complexity index is 1180. The fraction of sp³-hybridized carbons (Fsp3) is 0.240. The Kier molecular flexibility index (Phi) is 6.44. The summed E-state index contributed by atoms with van der Waals surface area (Å²) in [7, 11) is 2.45. The Hall–Kier alpha value is -4.07. The van der Waals surface area contributed by atoms with Crippen molar-refractivity contribution in [2.75, 3.05) is 19.5 Å². The van der Waals surface area contributed by atoms with Crippen LogP contribution in [-0.4, -0.2) is 32.1 Å². The lowest BCUT2D eigenvalue weighted by Gasteiger charge is -2.09. The number of nitrogens with one attached hydrogen (secondary N) is 1. The summed E-state index contributed by atoms with van der Waals surface area (Å²) < 4.78 is 20.8. The Morgan fingerprint density at radius 2 is 1.58 bits per heavy atom. The summed E-state index contributed by atoms with van der Waals surface area (Å²) in [5.74, 6) is -0.546. The number of carbonyl (C=O) groups excluding carboxylic acids is 3. The van der Waals surface area contributed by atoms with E-state index in [-0.39, 0.29) is 29.2 Å². The molecule has 1 aliphatic carbocycles. The van der Waals surface area contributed by atoms with E-state index < -0.39 is 17.8 Å². The van der Waals surface area contributed by atoms with E-state index >= 15 is 0 Å². The Balaban J connectivity index is 1.44. The Labute approximate surface area is 190 Å². The molecule has 3 aromatic rings. The smallest absolute Gasteiger partial charge is 0.337 e. The van der Waals surface area contributed by atoms with Crippen molar-refractivity contribution < 1.29 is 33.0 Å². The fourth-order valence-corrected chi connectivity index (χ4v) is 3.73. The molecule has 0 fully saturated rings. The van der Waals surface area contributed by atoms with Gasteiger partial charge >= 0.3 is 11.9 Å². The molecule has 0 bridgehead atoms. The summed E-state index contributed by atoms with van der Waals surface area (Å²) in [6.45, 7) is 0.177. The standard InChI is InChI=1S/C25H23NO7/c1-30-24(28)17-10-18(25(29)31-2)12-19(11-17)26-23(27)22-9-8-21(33-22)14-32-20-7-6-15-4-3-5-16(15)13-20/h6-13H,3-5,14H2,1-2H3,(H,26,27). The first-order valence-electron chi connectivity index (χ1n) is 10.4. The first-order chi connectivity index (χ1) is 16.0. The molecule has 0 aliphatic heterocycles. The summed E-state index contributed by atoms with van der Waals surface area (Å²) in [5, 5.41) is 2.62. The number of esters is 2. The number of methoxy groups -OCH3 is 2. The van der Waals surface area contributed by atoms with E-state index in [4.69, 9.17) is 18.6 Å². The second-order valence-corrected chi connectivity index (χ2v) is 7.58. The molecule has 0 spiro atoms. The number of ether oxygens (including phenoxy) is 3. The summed E-state index contributed by atoms with van der Waals surface area (Å²) in [4.78, 5) is 36.5. The van der Waals surface area contributed by atoms with Gasteiger partial charge in [-0.25, -0.2) is 9.59 Å². The maximum atomic E-state index is 12.7.